The molecule has 1 rings (SSSR count). The zero-order valence-corrected chi connectivity index (χ0v) is 10.2. The molecule has 7 heteroatoms. The molecule has 0 aromatic rings. The SMILES string of the molecule is C=S1(=O)OC(C)(C)OS(=O)(=O)C1(C)C. The van der Waals surface area contributed by atoms with Gasteiger partial charge in [-0.05, 0) is 33.6 Å². The lowest BCUT2D eigenvalue weighted by atomic mass is 10.4. The highest BCUT2D eigenvalue weighted by molar-refractivity contribution is 8.11. The highest BCUT2D eigenvalue weighted by Crippen LogP contribution is 2.38. The Kier molecular flexibility index (Phi) is 2.32. The van der Waals surface area contributed by atoms with Crippen molar-refractivity contribution >= 4 is 25.8 Å². The summed E-state index contributed by atoms with van der Waals surface area (Å²) in [6.07, 6.45) is 0. The molecule has 0 N–H and O–H groups in total. The van der Waals surface area contributed by atoms with Crippen LogP contribution in [0.25, 0.3) is 0 Å². The van der Waals surface area contributed by atoms with Crippen molar-refractivity contribution < 1.29 is 21.0 Å². The second-order valence-corrected chi connectivity index (χ2v) is 8.81. The molecule has 84 valence electrons. The van der Waals surface area contributed by atoms with Crippen LogP contribution in [0.15, 0.2) is 0 Å². The third-order valence-electron chi connectivity index (χ3n) is 2.00. The second kappa shape index (κ2) is 2.72. The van der Waals surface area contributed by atoms with Gasteiger partial charge in [0.05, 0.1) is 0 Å². The monoisotopic (exact) mass is 242 g/mol. The lowest BCUT2D eigenvalue weighted by molar-refractivity contribution is -0.0768. The van der Waals surface area contributed by atoms with Gasteiger partial charge in [0.1, 0.15) is 9.80 Å². The van der Waals surface area contributed by atoms with E-state index >= 15 is 0 Å². The number of rotatable bonds is 0. The van der Waals surface area contributed by atoms with Gasteiger partial charge in [0.2, 0.25) is 0 Å². The predicted molar refractivity (Wildman–Crippen MR) is 54.5 cm³/mol. The molecule has 0 aromatic heterocycles. The van der Waals surface area contributed by atoms with Crippen LogP contribution in [0, 0.1) is 0 Å². The second-order valence-electron chi connectivity index (χ2n) is 4.04. The Morgan fingerprint density at radius 3 is 1.79 bits per heavy atom. The molecule has 1 aliphatic heterocycles. The maximum Gasteiger partial charge on any atom is 0.289 e. The van der Waals surface area contributed by atoms with E-state index in [1.165, 1.54) is 27.7 Å². The van der Waals surface area contributed by atoms with Gasteiger partial charge >= 0.3 is 0 Å². The van der Waals surface area contributed by atoms with Gasteiger partial charge < -0.3 is 0 Å². The van der Waals surface area contributed by atoms with Gasteiger partial charge in [-0.25, -0.2) is 8.39 Å². The molecule has 0 amide bonds. The van der Waals surface area contributed by atoms with Crippen LogP contribution in [0.4, 0.5) is 0 Å². The van der Waals surface area contributed by atoms with Crippen molar-refractivity contribution in [1.29, 1.82) is 0 Å². The largest absolute Gasteiger partial charge is 0.289 e. The number of hydrogen-bond donors (Lipinski definition) is 0. The minimum atomic E-state index is -3.94. The average Bonchev–Trinajstić information content (AvgIpc) is 1.77. The standard InChI is InChI=1S/C7H14O5S2/c1-6(2)11-13(5,8)7(3,4)14(9,10)12-6/h5H2,1-4H3. The van der Waals surface area contributed by atoms with Crippen LogP contribution in [-0.2, 0) is 28.3 Å². The van der Waals surface area contributed by atoms with Crippen LogP contribution in [0.1, 0.15) is 27.7 Å². The van der Waals surface area contributed by atoms with E-state index in [0.717, 1.165) is 0 Å². The first-order valence-corrected chi connectivity index (χ1v) is 7.00. The van der Waals surface area contributed by atoms with Crippen molar-refractivity contribution in [3.63, 3.8) is 0 Å². The van der Waals surface area contributed by atoms with Crippen LogP contribution in [0.3, 0.4) is 0 Å². The molecule has 0 saturated carbocycles. The molecule has 1 unspecified atom stereocenters. The Hall–Kier alpha value is -0.110. The summed E-state index contributed by atoms with van der Waals surface area (Å²) >= 11 is 0. The lowest BCUT2D eigenvalue weighted by Crippen LogP contribution is -2.54. The summed E-state index contributed by atoms with van der Waals surface area (Å²) in [6, 6.07) is 0. The molecule has 14 heavy (non-hydrogen) atoms. The van der Waals surface area contributed by atoms with Crippen molar-refractivity contribution in [3.05, 3.63) is 0 Å². The molecule has 1 heterocycles. The van der Waals surface area contributed by atoms with Crippen LogP contribution >= 0.6 is 0 Å². The smallest absolute Gasteiger partial charge is 0.261 e. The Balaban J connectivity index is 3.43. The van der Waals surface area contributed by atoms with Gasteiger partial charge in [-0.3, -0.25) is 4.18 Å². The normalized spacial score (nSPS) is 39.1. The average molecular weight is 242 g/mol. The van der Waals surface area contributed by atoms with E-state index in [2.05, 4.69) is 5.87 Å². The zero-order valence-electron chi connectivity index (χ0n) is 8.56. The third-order valence-corrected chi connectivity index (χ3v) is 7.36. The lowest BCUT2D eigenvalue weighted by Gasteiger charge is -2.40. The minimum absolute atomic E-state index is 1.27. The van der Waals surface area contributed by atoms with E-state index in [0.29, 0.717) is 0 Å². The van der Waals surface area contributed by atoms with Gasteiger partial charge in [-0.2, -0.15) is 8.42 Å². The molecule has 1 atom stereocenters. The molecule has 1 fully saturated rings. The maximum atomic E-state index is 11.9. The topological polar surface area (TPSA) is 69.7 Å². The molecule has 0 aliphatic carbocycles. The summed E-state index contributed by atoms with van der Waals surface area (Å²) < 4.78 is 43.3. The van der Waals surface area contributed by atoms with Crippen molar-refractivity contribution in [2.45, 2.75) is 37.6 Å². The Labute approximate surface area is 84.7 Å². The first-order valence-electron chi connectivity index (χ1n) is 3.94. The molecule has 0 radical (unpaired) electrons. The van der Waals surface area contributed by atoms with Gasteiger partial charge in [-0.1, -0.05) is 0 Å². The molecular weight excluding hydrogens is 228 g/mol. The maximum absolute atomic E-state index is 11.9. The fourth-order valence-electron chi connectivity index (χ4n) is 0.958. The predicted octanol–water partition coefficient (Wildman–Crippen LogP) is 0.467. The summed E-state index contributed by atoms with van der Waals surface area (Å²) in [4.78, 5) is 0. The van der Waals surface area contributed by atoms with Crippen LogP contribution < -0.4 is 0 Å². The Bertz CT molecular complexity index is 400. The summed E-state index contributed by atoms with van der Waals surface area (Å²) in [5.41, 5.74) is 0. The number of hydrogen-bond acceptors (Lipinski definition) is 5. The van der Waals surface area contributed by atoms with Gasteiger partial charge in [0.25, 0.3) is 10.1 Å². The highest BCUT2D eigenvalue weighted by atomic mass is 32.3. The molecule has 0 spiro atoms. The molecule has 5 nitrogen and oxygen atoms in total. The summed E-state index contributed by atoms with van der Waals surface area (Å²) in [7, 11) is -7.13. The van der Waals surface area contributed by atoms with Crippen LogP contribution in [0.2, 0.25) is 0 Å². The highest BCUT2D eigenvalue weighted by Gasteiger charge is 2.53. The quantitative estimate of drug-likeness (QED) is 0.456. The first kappa shape index (κ1) is 12.0. The first-order chi connectivity index (χ1) is 5.91. The van der Waals surface area contributed by atoms with Crippen LogP contribution in [0.5, 0.6) is 0 Å². The Morgan fingerprint density at radius 2 is 1.43 bits per heavy atom. The van der Waals surface area contributed by atoms with E-state index in [1.54, 1.807) is 0 Å². The molecule has 0 aromatic carbocycles. The Morgan fingerprint density at radius 1 is 1.00 bits per heavy atom. The van der Waals surface area contributed by atoms with Crippen molar-refractivity contribution in [2.24, 2.45) is 0 Å². The summed E-state index contributed by atoms with van der Waals surface area (Å²) in [6.45, 7) is 5.30. The minimum Gasteiger partial charge on any atom is -0.261 e. The molecule has 0 bridgehead atoms. The third kappa shape index (κ3) is 1.58. The van der Waals surface area contributed by atoms with E-state index in [-0.39, 0.29) is 0 Å². The van der Waals surface area contributed by atoms with E-state index in [4.69, 9.17) is 8.37 Å². The fourth-order valence-corrected chi connectivity index (χ4v) is 4.10. The van der Waals surface area contributed by atoms with Gasteiger partial charge in [-0.15, -0.1) is 0 Å². The van der Waals surface area contributed by atoms with E-state index in [9.17, 15) is 12.6 Å². The van der Waals surface area contributed by atoms with Gasteiger partial charge in [0.15, 0.2) is 9.87 Å². The molecule has 1 saturated heterocycles. The van der Waals surface area contributed by atoms with E-state index in [1.807, 2.05) is 0 Å². The van der Waals surface area contributed by atoms with Gasteiger partial charge in [0, 0.05) is 0 Å². The summed E-state index contributed by atoms with van der Waals surface area (Å²) in [5.74, 6) is 1.90. The summed E-state index contributed by atoms with van der Waals surface area (Å²) in [5, 5.41) is 0. The van der Waals surface area contributed by atoms with E-state index < -0.39 is 29.8 Å². The van der Waals surface area contributed by atoms with Crippen molar-refractivity contribution in [3.8, 4) is 0 Å². The molecular formula is C7H14O5S2. The van der Waals surface area contributed by atoms with Crippen molar-refractivity contribution in [2.75, 3.05) is 0 Å². The van der Waals surface area contributed by atoms with Crippen molar-refractivity contribution in [1.82, 2.24) is 0 Å². The van der Waals surface area contributed by atoms with Crippen LogP contribution in [-0.4, -0.2) is 28.4 Å². The zero-order chi connectivity index (χ0) is 11.4. The fraction of sp³-hybridized carbons (Fsp3) is 0.857. The molecule has 1 aliphatic rings.